The van der Waals surface area contributed by atoms with Crippen molar-refractivity contribution in [1.82, 2.24) is 0 Å². The van der Waals surface area contributed by atoms with Gasteiger partial charge in [0.1, 0.15) is 0 Å². The van der Waals surface area contributed by atoms with Crippen LogP contribution >= 0.6 is 11.8 Å². The summed E-state index contributed by atoms with van der Waals surface area (Å²) in [6.07, 6.45) is 0. The number of halogens is 1. The van der Waals surface area contributed by atoms with Gasteiger partial charge < -0.3 is 4.55 Å². The Morgan fingerprint density at radius 1 is 1.31 bits per heavy atom. The molecule has 0 saturated carbocycles. The van der Waals surface area contributed by atoms with E-state index in [1.807, 2.05) is 6.92 Å². The van der Waals surface area contributed by atoms with Crippen LogP contribution in [-0.4, -0.2) is 8.76 Å². The van der Waals surface area contributed by atoms with Gasteiger partial charge in [-0.15, -0.1) is 0 Å². The topological polar surface area (TPSA) is 66.1 Å². The fourth-order valence-corrected chi connectivity index (χ4v) is 1.01. The summed E-state index contributed by atoms with van der Waals surface area (Å²) in [5, 5.41) is 3.97. The third kappa shape index (κ3) is 6.62. The van der Waals surface area contributed by atoms with Crippen molar-refractivity contribution in [1.29, 1.82) is 0 Å². The maximum atomic E-state index is 10.3. The van der Waals surface area contributed by atoms with Gasteiger partial charge in [0.2, 0.25) is 0 Å². The maximum absolute atomic E-state index is 10.3. The molecule has 0 aliphatic heterocycles. The average molecular weight is 230 g/mol. The van der Waals surface area contributed by atoms with Crippen molar-refractivity contribution in [3.63, 3.8) is 0 Å². The number of nitrogens with two attached hydrogens (primary N) is 1. The minimum absolute atomic E-state index is 0. The molecular formula is C7H9ClNNaO2S. The van der Waals surface area contributed by atoms with Crippen LogP contribution in [0.3, 0.4) is 0 Å². The largest absolute Gasteiger partial charge is 1.00 e. The van der Waals surface area contributed by atoms with Gasteiger partial charge in [-0.05, 0) is 41.9 Å². The molecule has 1 rings (SSSR count). The van der Waals surface area contributed by atoms with E-state index in [0.717, 1.165) is 5.56 Å². The fourth-order valence-electron chi connectivity index (χ4n) is 0.649. The molecule has 0 heterocycles. The standard InChI is InChI=1S/C7H8O2S.ClH2N.Na/c1-6-2-4-7(5-3-6)10(8)9;1-2;/h2-5H,1H3,(H,8,9);2H2;/q;;+1/p-1. The van der Waals surface area contributed by atoms with Crippen LogP contribution in [0.15, 0.2) is 29.2 Å². The van der Waals surface area contributed by atoms with Crippen molar-refractivity contribution in [2.24, 2.45) is 5.25 Å². The molecule has 0 aliphatic rings. The molecule has 1 aromatic rings. The van der Waals surface area contributed by atoms with E-state index >= 15 is 0 Å². The monoisotopic (exact) mass is 229 g/mol. The van der Waals surface area contributed by atoms with Gasteiger partial charge in [-0.25, -0.2) is 5.25 Å². The SMILES string of the molecule is Cc1ccc(S(=O)[O-])cc1.NCl.[Na+]. The summed E-state index contributed by atoms with van der Waals surface area (Å²) in [4.78, 5) is 0.339. The van der Waals surface area contributed by atoms with Crippen molar-refractivity contribution < 1.29 is 38.3 Å². The quantitative estimate of drug-likeness (QED) is 0.356. The zero-order chi connectivity index (χ0) is 9.56. The molecule has 68 valence electrons. The third-order valence-electron chi connectivity index (χ3n) is 1.21. The Bertz CT molecular complexity index is 255. The van der Waals surface area contributed by atoms with E-state index in [1.165, 1.54) is 0 Å². The summed E-state index contributed by atoms with van der Waals surface area (Å²) in [6, 6.07) is 6.70. The molecule has 13 heavy (non-hydrogen) atoms. The minimum Gasteiger partial charge on any atom is -0.768 e. The molecule has 0 bridgehead atoms. The van der Waals surface area contributed by atoms with Gasteiger partial charge in [-0.1, -0.05) is 17.7 Å². The first-order valence-electron chi connectivity index (χ1n) is 3.08. The third-order valence-corrected chi connectivity index (χ3v) is 1.87. The Balaban J connectivity index is 0. The van der Waals surface area contributed by atoms with Gasteiger partial charge in [0.05, 0.1) is 0 Å². The van der Waals surface area contributed by atoms with Crippen LogP contribution in [0.1, 0.15) is 5.56 Å². The molecule has 0 radical (unpaired) electrons. The van der Waals surface area contributed by atoms with Crippen LogP contribution in [0, 0.1) is 6.92 Å². The van der Waals surface area contributed by atoms with E-state index in [4.69, 9.17) is 0 Å². The molecule has 3 nitrogen and oxygen atoms in total. The predicted molar refractivity (Wildman–Crippen MR) is 48.4 cm³/mol. The molecule has 0 spiro atoms. The molecule has 6 heteroatoms. The van der Waals surface area contributed by atoms with Gasteiger partial charge in [-0.3, -0.25) is 4.21 Å². The van der Waals surface area contributed by atoms with Crippen molar-refractivity contribution in [2.75, 3.05) is 0 Å². The van der Waals surface area contributed by atoms with E-state index < -0.39 is 11.1 Å². The number of aryl methyl sites for hydroxylation is 1. The first-order chi connectivity index (χ1) is 5.70. The molecule has 1 aromatic carbocycles. The smallest absolute Gasteiger partial charge is 0.768 e. The predicted octanol–water partition coefficient (Wildman–Crippen LogP) is -1.66. The summed E-state index contributed by atoms with van der Waals surface area (Å²) in [5.41, 5.74) is 1.06. The summed E-state index contributed by atoms with van der Waals surface area (Å²) in [5.74, 6) is 0. The van der Waals surface area contributed by atoms with Crippen LogP contribution in [0.5, 0.6) is 0 Å². The second-order valence-electron chi connectivity index (χ2n) is 2.05. The summed E-state index contributed by atoms with van der Waals surface area (Å²) in [7, 11) is 0. The molecule has 0 fully saturated rings. The maximum Gasteiger partial charge on any atom is 1.00 e. The summed E-state index contributed by atoms with van der Waals surface area (Å²) < 4.78 is 20.6. The number of rotatable bonds is 1. The van der Waals surface area contributed by atoms with E-state index in [2.05, 4.69) is 17.0 Å². The zero-order valence-corrected chi connectivity index (χ0v) is 11.1. The van der Waals surface area contributed by atoms with Crippen molar-refractivity contribution in [2.45, 2.75) is 11.8 Å². The number of hydrogen-bond donors (Lipinski definition) is 1. The molecule has 1 atom stereocenters. The van der Waals surface area contributed by atoms with Gasteiger partial charge in [0, 0.05) is 4.90 Å². The van der Waals surface area contributed by atoms with Crippen LogP contribution in [0.4, 0.5) is 0 Å². The van der Waals surface area contributed by atoms with Crippen molar-refractivity contribution in [3.05, 3.63) is 29.8 Å². The first kappa shape index (κ1) is 16.0. The van der Waals surface area contributed by atoms with E-state index in [0.29, 0.717) is 4.90 Å². The minimum atomic E-state index is -2.09. The van der Waals surface area contributed by atoms with Gasteiger partial charge >= 0.3 is 29.6 Å². The van der Waals surface area contributed by atoms with Crippen LogP contribution < -0.4 is 34.8 Å². The molecule has 1 unspecified atom stereocenters. The van der Waals surface area contributed by atoms with Crippen LogP contribution in [0.2, 0.25) is 0 Å². The molecule has 0 aliphatic carbocycles. The van der Waals surface area contributed by atoms with E-state index in [9.17, 15) is 8.76 Å². The van der Waals surface area contributed by atoms with E-state index in [-0.39, 0.29) is 29.6 Å². The normalized spacial score (nSPS) is 10.5. The Morgan fingerprint density at radius 2 is 1.69 bits per heavy atom. The first-order valence-corrected chi connectivity index (χ1v) is 4.59. The molecule has 2 N–H and O–H groups in total. The van der Waals surface area contributed by atoms with Gasteiger partial charge in [0.25, 0.3) is 0 Å². The average Bonchev–Trinajstić information content (AvgIpc) is 2.09. The Labute approximate surface area is 107 Å². The van der Waals surface area contributed by atoms with Crippen molar-refractivity contribution >= 4 is 22.9 Å². The number of hydrogen-bond acceptors (Lipinski definition) is 3. The van der Waals surface area contributed by atoms with E-state index in [1.54, 1.807) is 24.3 Å². The Hall–Kier alpha value is 0.580. The summed E-state index contributed by atoms with van der Waals surface area (Å²) >= 11 is 2.05. The Morgan fingerprint density at radius 3 is 2.00 bits per heavy atom. The molecule has 0 amide bonds. The second kappa shape index (κ2) is 9.15. The molecule has 0 aromatic heterocycles. The van der Waals surface area contributed by atoms with Crippen molar-refractivity contribution in [3.8, 4) is 0 Å². The molecule has 0 saturated heterocycles. The Kier molecular flexibility index (Phi) is 11.3. The van der Waals surface area contributed by atoms with Gasteiger partial charge in [0.15, 0.2) is 0 Å². The second-order valence-corrected chi connectivity index (χ2v) is 2.99. The van der Waals surface area contributed by atoms with Gasteiger partial charge in [-0.2, -0.15) is 0 Å². The van der Waals surface area contributed by atoms with Crippen LogP contribution in [0.25, 0.3) is 0 Å². The summed E-state index contributed by atoms with van der Waals surface area (Å²) in [6.45, 7) is 1.91. The zero-order valence-electron chi connectivity index (χ0n) is 7.49. The fraction of sp³-hybridized carbons (Fsp3) is 0.143. The number of benzene rings is 1. The van der Waals surface area contributed by atoms with Crippen LogP contribution in [-0.2, 0) is 11.1 Å². The molecular weight excluding hydrogens is 221 g/mol.